The summed E-state index contributed by atoms with van der Waals surface area (Å²) in [5.41, 5.74) is 8.83. The third-order valence-electron chi connectivity index (χ3n) is 3.26. The first-order valence-corrected chi connectivity index (χ1v) is 6.45. The highest BCUT2D eigenvalue weighted by atomic mass is 16.1. The standard InChI is InChI=1S/C17H14N2O/c18-15-7-5-12(6-8-15)9-17(20)14-10-13-3-1-2-4-16(13)19-11-14/h1-8,10-11H,9,18H2. The Bertz CT molecular complexity index is 763. The van der Waals surface area contributed by atoms with Gasteiger partial charge >= 0.3 is 0 Å². The fourth-order valence-corrected chi connectivity index (χ4v) is 2.15. The van der Waals surface area contributed by atoms with Crippen LogP contribution < -0.4 is 5.73 Å². The lowest BCUT2D eigenvalue weighted by atomic mass is 10.0. The van der Waals surface area contributed by atoms with Gasteiger partial charge in [0.05, 0.1) is 5.52 Å². The summed E-state index contributed by atoms with van der Waals surface area (Å²) in [6.45, 7) is 0. The Kier molecular flexibility index (Phi) is 3.17. The first-order valence-electron chi connectivity index (χ1n) is 6.45. The highest BCUT2D eigenvalue weighted by Gasteiger charge is 2.08. The molecular weight excluding hydrogens is 248 g/mol. The number of carbonyl (C=O) groups excluding carboxylic acids is 1. The van der Waals surface area contributed by atoms with E-state index in [0.29, 0.717) is 17.7 Å². The number of rotatable bonds is 3. The SMILES string of the molecule is Nc1ccc(CC(=O)c2cnc3ccccc3c2)cc1. The number of pyridine rings is 1. The number of Topliss-reactive ketones (excluding diaryl/α,β-unsaturated/α-hetero) is 1. The molecule has 1 aromatic heterocycles. The van der Waals surface area contributed by atoms with Crippen molar-refractivity contribution >= 4 is 22.4 Å². The number of anilines is 1. The monoisotopic (exact) mass is 262 g/mol. The van der Waals surface area contributed by atoms with Crippen molar-refractivity contribution in [1.29, 1.82) is 0 Å². The van der Waals surface area contributed by atoms with Gasteiger partial charge in [-0.25, -0.2) is 0 Å². The number of para-hydroxylation sites is 1. The molecule has 3 heteroatoms. The summed E-state index contributed by atoms with van der Waals surface area (Å²) < 4.78 is 0. The summed E-state index contributed by atoms with van der Waals surface area (Å²) in [7, 11) is 0. The summed E-state index contributed by atoms with van der Waals surface area (Å²) in [4.78, 5) is 16.6. The first-order chi connectivity index (χ1) is 9.72. The second-order valence-electron chi connectivity index (χ2n) is 4.76. The highest BCUT2D eigenvalue weighted by Crippen LogP contribution is 2.15. The molecule has 0 atom stereocenters. The Balaban J connectivity index is 1.86. The second kappa shape index (κ2) is 5.13. The summed E-state index contributed by atoms with van der Waals surface area (Å²) in [6, 6.07) is 17.0. The van der Waals surface area contributed by atoms with Gasteiger partial charge in [-0.3, -0.25) is 9.78 Å². The maximum absolute atomic E-state index is 12.3. The number of hydrogen-bond donors (Lipinski definition) is 1. The Labute approximate surface area is 117 Å². The van der Waals surface area contributed by atoms with Crippen molar-refractivity contribution in [3.8, 4) is 0 Å². The van der Waals surface area contributed by atoms with E-state index < -0.39 is 0 Å². The van der Waals surface area contributed by atoms with Crippen LogP contribution in [0.4, 0.5) is 5.69 Å². The zero-order valence-electron chi connectivity index (χ0n) is 10.9. The van der Waals surface area contributed by atoms with Crippen LogP contribution in [0.1, 0.15) is 15.9 Å². The number of nitrogens with two attached hydrogens (primary N) is 1. The van der Waals surface area contributed by atoms with Crippen LogP contribution in [0.25, 0.3) is 10.9 Å². The number of ketones is 1. The molecule has 0 radical (unpaired) electrons. The van der Waals surface area contributed by atoms with Crippen LogP contribution in [0.3, 0.4) is 0 Å². The minimum Gasteiger partial charge on any atom is -0.399 e. The smallest absolute Gasteiger partial charge is 0.168 e. The molecule has 0 spiro atoms. The summed E-state index contributed by atoms with van der Waals surface area (Å²) in [5, 5.41) is 0.982. The van der Waals surface area contributed by atoms with E-state index in [2.05, 4.69) is 4.98 Å². The van der Waals surface area contributed by atoms with Gasteiger partial charge in [0.1, 0.15) is 0 Å². The van der Waals surface area contributed by atoms with E-state index in [0.717, 1.165) is 16.5 Å². The Morgan fingerprint density at radius 3 is 2.60 bits per heavy atom. The third kappa shape index (κ3) is 2.52. The predicted octanol–water partition coefficient (Wildman–Crippen LogP) is 3.24. The summed E-state index contributed by atoms with van der Waals surface area (Å²) in [6.07, 6.45) is 2.00. The predicted molar refractivity (Wildman–Crippen MR) is 80.6 cm³/mol. The van der Waals surface area contributed by atoms with E-state index in [4.69, 9.17) is 5.73 Å². The van der Waals surface area contributed by atoms with Crippen molar-refractivity contribution in [2.45, 2.75) is 6.42 Å². The van der Waals surface area contributed by atoms with Gasteiger partial charge < -0.3 is 5.73 Å². The first kappa shape index (κ1) is 12.4. The molecule has 0 amide bonds. The molecule has 0 bridgehead atoms. The van der Waals surface area contributed by atoms with Gasteiger partial charge in [-0.05, 0) is 29.8 Å². The van der Waals surface area contributed by atoms with E-state index >= 15 is 0 Å². The van der Waals surface area contributed by atoms with E-state index in [1.165, 1.54) is 0 Å². The van der Waals surface area contributed by atoms with E-state index in [1.807, 2.05) is 42.5 Å². The van der Waals surface area contributed by atoms with Crippen LogP contribution in [0, 0.1) is 0 Å². The van der Waals surface area contributed by atoms with Gasteiger partial charge in [-0.15, -0.1) is 0 Å². The Morgan fingerprint density at radius 1 is 1.05 bits per heavy atom. The van der Waals surface area contributed by atoms with E-state index in [-0.39, 0.29) is 5.78 Å². The summed E-state index contributed by atoms with van der Waals surface area (Å²) in [5.74, 6) is 0.0630. The van der Waals surface area contributed by atoms with E-state index in [1.54, 1.807) is 18.3 Å². The molecular formula is C17H14N2O. The number of hydrogen-bond acceptors (Lipinski definition) is 3. The van der Waals surface area contributed by atoms with Gasteiger partial charge in [0.25, 0.3) is 0 Å². The second-order valence-corrected chi connectivity index (χ2v) is 4.76. The fourth-order valence-electron chi connectivity index (χ4n) is 2.15. The Hall–Kier alpha value is -2.68. The molecule has 0 saturated heterocycles. The number of benzene rings is 2. The van der Waals surface area contributed by atoms with Gasteiger partial charge in [0.15, 0.2) is 5.78 Å². The molecule has 0 aliphatic rings. The number of aromatic nitrogens is 1. The van der Waals surface area contributed by atoms with Crippen molar-refractivity contribution in [2.24, 2.45) is 0 Å². The normalized spacial score (nSPS) is 10.6. The minimum atomic E-state index is 0.0630. The van der Waals surface area contributed by atoms with Crippen molar-refractivity contribution in [3.63, 3.8) is 0 Å². The molecule has 3 rings (SSSR count). The largest absolute Gasteiger partial charge is 0.399 e. The van der Waals surface area contributed by atoms with Crippen LogP contribution in [0.5, 0.6) is 0 Å². The molecule has 2 aromatic carbocycles. The lowest BCUT2D eigenvalue weighted by Gasteiger charge is -2.03. The zero-order chi connectivity index (χ0) is 13.9. The van der Waals surface area contributed by atoms with Crippen LogP contribution in [0.15, 0.2) is 60.8 Å². The Morgan fingerprint density at radius 2 is 1.80 bits per heavy atom. The highest BCUT2D eigenvalue weighted by molar-refractivity contribution is 5.99. The van der Waals surface area contributed by atoms with Gasteiger partial charge in [0, 0.05) is 29.3 Å². The molecule has 0 aliphatic heterocycles. The third-order valence-corrected chi connectivity index (χ3v) is 3.26. The fraction of sp³-hybridized carbons (Fsp3) is 0.0588. The topological polar surface area (TPSA) is 56.0 Å². The zero-order valence-corrected chi connectivity index (χ0v) is 10.9. The van der Waals surface area contributed by atoms with Crippen molar-refractivity contribution in [3.05, 3.63) is 71.9 Å². The number of nitrogen functional groups attached to an aromatic ring is 1. The van der Waals surface area contributed by atoms with E-state index in [9.17, 15) is 4.79 Å². The molecule has 3 aromatic rings. The minimum absolute atomic E-state index is 0.0630. The average molecular weight is 262 g/mol. The number of carbonyl (C=O) groups is 1. The maximum atomic E-state index is 12.3. The number of nitrogens with zero attached hydrogens (tertiary/aromatic N) is 1. The van der Waals surface area contributed by atoms with Gasteiger partial charge in [-0.2, -0.15) is 0 Å². The lowest BCUT2D eigenvalue weighted by Crippen LogP contribution is -2.04. The van der Waals surface area contributed by atoms with Gasteiger partial charge in [0.2, 0.25) is 0 Å². The van der Waals surface area contributed by atoms with Crippen LogP contribution >= 0.6 is 0 Å². The van der Waals surface area contributed by atoms with Gasteiger partial charge in [-0.1, -0.05) is 30.3 Å². The quantitative estimate of drug-likeness (QED) is 0.582. The molecule has 0 aliphatic carbocycles. The molecule has 0 saturated carbocycles. The average Bonchev–Trinajstić information content (AvgIpc) is 2.49. The molecule has 2 N–H and O–H groups in total. The van der Waals surface area contributed by atoms with Crippen molar-refractivity contribution < 1.29 is 4.79 Å². The van der Waals surface area contributed by atoms with Crippen LogP contribution in [-0.2, 0) is 6.42 Å². The molecule has 0 unspecified atom stereocenters. The maximum Gasteiger partial charge on any atom is 0.168 e. The molecule has 20 heavy (non-hydrogen) atoms. The van der Waals surface area contributed by atoms with Crippen LogP contribution in [-0.4, -0.2) is 10.8 Å². The molecule has 1 heterocycles. The lowest BCUT2D eigenvalue weighted by molar-refractivity contribution is 0.0993. The molecule has 0 fully saturated rings. The summed E-state index contributed by atoms with van der Waals surface area (Å²) >= 11 is 0. The van der Waals surface area contributed by atoms with Crippen molar-refractivity contribution in [1.82, 2.24) is 4.98 Å². The molecule has 98 valence electrons. The van der Waals surface area contributed by atoms with Crippen LogP contribution in [0.2, 0.25) is 0 Å². The van der Waals surface area contributed by atoms with Crippen molar-refractivity contribution in [2.75, 3.05) is 5.73 Å². The number of fused-ring (bicyclic) bond motifs is 1. The molecule has 3 nitrogen and oxygen atoms in total.